The van der Waals surface area contributed by atoms with Crippen molar-refractivity contribution in [2.45, 2.75) is 0 Å². The summed E-state index contributed by atoms with van der Waals surface area (Å²) in [7, 11) is 0. The van der Waals surface area contributed by atoms with Crippen LogP contribution >= 0.6 is 93.0 Å². The third-order valence-electron chi connectivity index (χ3n) is 1.33. The van der Waals surface area contributed by atoms with E-state index in [1.54, 1.807) is 0 Å². The fourth-order valence-corrected chi connectivity index (χ4v) is 4.44. The van der Waals surface area contributed by atoms with E-state index in [-0.39, 0.29) is 0 Å². The molecule has 1 aromatic carbocycles. The number of hydrogen-bond donors (Lipinski definition) is 0. The summed E-state index contributed by atoms with van der Waals surface area (Å²) in [4.78, 5) is 2.78. The third kappa shape index (κ3) is 2.57. The smallest absolute Gasteiger partial charge is 0.0583 e. The molecule has 1 aromatic rings. The summed E-state index contributed by atoms with van der Waals surface area (Å²) in [6.45, 7) is 0. The molecular formula is C6Br3I2N3. The maximum absolute atomic E-state index is 8.42. The molecule has 0 fully saturated rings. The third-order valence-corrected chi connectivity index (χ3v) is 8.79. The Hall–Kier alpha value is 1.43. The molecule has 0 amide bonds. The van der Waals surface area contributed by atoms with E-state index in [0.29, 0.717) is 5.69 Å². The van der Waals surface area contributed by atoms with E-state index < -0.39 is 0 Å². The minimum atomic E-state index is 0.574. The van der Waals surface area contributed by atoms with Gasteiger partial charge in [0.25, 0.3) is 0 Å². The lowest BCUT2D eigenvalue weighted by atomic mass is 10.3. The number of azide groups is 1. The summed E-state index contributed by atoms with van der Waals surface area (Å²) < 4.78 is 4.52. The number of hydrogen-bond acceptors (Lipinski definition) is 1. The molecule has 0 bridgehead atoms. The lowest BCUT2D eigenvalue weighted by Gasteiger charge is -2.09. The lowest BCUT2D eigenvalue weighted by molar-refractivity contribution is 1.36. The molecule has 0 heterocycles. The molecule has 14 heavy (non-hydrogen) atoms. The van der Waals surface area contributed by atoms with E-state index in [1.807, 2.05) is 0 Å². The van der Waals surface area contributed by atoms with Crippen molar-refractivity contribution in [2.75, 3.05) is 0 Å². The second-order valence-corrected chi connectivity index (χ2v) is 6.64. The topological polar surface area (TPSA) is 48.8 Å². The molecule has 8 heteroatoms. The van der Waals surface area contributed by atoms with Crippen LogP contribution in [0.3, 0.4) is 0 Å². The number of halogens is 5. The summed E-state index contributed by atoms with van der Waals surface area (Å²) >= 11 is 14.6. The summed E-state index contributed by atoms with van der Waals surface area (Å²) in [5.41, 5.74) is 8.99. The van der Waals surface area contributed by atoms with Crippen molar-refractivity contribution in [3.05, 3.63) is 31.0 Å². The zero-order valence-corrected chi connectivity index (χ0v) is 15.3. The Morgan fingerprint density at radius 2 is 1.43 bits per heavy atom. The van der Waals surface area contributed by atoms with E-state index >= 15 is 0 Å². The van der Waals surface area contributed by atoms with Crippen molar-refractivity contribution in [3.8, 4) is 0 Å². The van der Waals surface area contributed by atoms with Crippen LogP contribution in [0.2, 0.25) is 0 Å². The van der Waals surface area contributed by atoms with Gasteiger partial charge in [0.15, 0.2) is 0 Å². The van der Waals surface area contributed by atoms with Gasteiger partial charge in [-0.15, -0.1) is 0 Å². The molecular weight excluding hydrogens is 608 g/mol. The summed E-state index contributed by atoms with van der Waals surface area (Å²) in [5, 5.41) is 3.62. The van der Waals surface area contributed by atoms with E-state index in [9.17, 15) is 0 Å². The lowest BCUT2D eigenvalue weighted by Crippen LogP contribution is -1.86. The molecule has 0 spiro atoms. The first-order valence-corrected chi connectivity index (χ1v) is 7.61. The van der Waals surface area contributed by atoms with Crippen LogP contribution in [0, 0.1) is 7.14 Å². The molecule has 0 saturated heterocycles. The quantitative estimate of drug-likeness (QED) is 0.0923. The van der Waals surface area contributed by atoms with Gasteiger partial charge >= 0.3 is 0 Å². The van der Waals surface area contributed by atoms with Crippen LogP contribution in [-0.2, 0) is 0 Å². The maximum atomic E-state index is 8.42. The first kappa shape index (κ1) is 13.5. The molecule has 0 atom stereocenters. The minimum Gasteiger partial charge on any atom is -0.0583 e. The highest BCUT2D eigenvalue weighted by atomic mass is 127. The van der Waals surface area contributed by atoms with E-state index in [4.69, 9.17) is 5.53 Å². The highest BCUT2D eigenvalue weighted by Crippen LogP contribution is 2.44. The number of rotatable bonds is 1. The first-order valence-electron chi connectivity index (χ1n) is 3.07. The average Bonchev–Trinajstić information content (AvgIpc) is 2.19. The van der Waals surface area contributed by atoms with Crippen molar-refractivity contribution in [1.29, 1.82) is 0 Å². The fourth-order valence-electron chi connectivity index (χ4n) is 0.726. The van der Waals surface area contributed by atoms with Crippen molar-refractivity contribution >= 4 is 98.7 Å². The van der Waals surface area contributed by atoms with Gasteiger partial charge in [0.05, 0.1) is 5.69 Å². The Balaban J connectivity index is 3.67. The van der Waals surface area contributed by atoms with Crippen molar-refractivity contribution in [3.63, 3.8) is 0 Å². The molecule has 1 rings (SSSR count). The molecule has 0 aliphatic rings. The number of benzene rings is 1. The highest BCUT2D eigenvalue weighted by Gasteiger charge is 2.15. The van der Waals surface area contributed by atoms with Gasteiger partial charge in [0, 0.05) is 25.5 Å². The van der Waals surface area contributed by atoms with Crippen LogP contribution in [0.5, 0.6) is 0 Å². The van der Waals surface area contributed by atoms with Crippen LogP contribution in [0.15, 0.2) is 18.5 Å². The summed E-state index contributed by atoms with van der Waals surface area (Å²) in [6.07, 6.45) is 0. The zero-order valence-electron chi connectivity index (χ0n) is 6.23. The Kier molecular flexibility index (Phi) is 5.46. The van der Waals surface area contributed by atoms with Crippen molar-refractivity contribution in [1.82, 2.24) is 0 Å². The molecule has 0 unspecified atom stereocenters. The number of nitrogens with zero attached hydrogens (tertiary/aromatic N) is 3. The van der Waals surface area contributed by atoms with Gasteiger partial charge in [-0.1, -0.05) is 5.11 Å². The molecule has 0 aliphatic carbocycles. The predicted molar refractivity (Wildman–Crippen MR) is 83.8 cm³/mol. The summed E-state index contributed by atoms with van der Waals surface area (Å²) in [5.74, 6) is 0. The van der Waals surface area contributed by atoms with Gasteiger partial charge < -0.3 is 0 Å². The average molecular weight is 608 g/mol. The van der Waals surface area contributed by atoms with Crippen LogP contribution in [0.4, 0.5) is 5.69 Å². The minimum absolute atomic E-state index is 0.574. The largest absolute Gasteiger partial charge is 0.0681 e. The Morgan fingerprint density at radius 1 is 1.00 bits per heavy atom. The van der Waals surface area contributed by atoms with Crippen LogP contribution in [-0.4, -0.2) is 0 Å². The van der Waals surface area contributed by atoms with Crippen LogP contribution in [0.1, 0.15) is 0 Å². The monoisotopic (exact) mass is 605 g/mol. The van der Waals surface area contributed by atoms with Crippen molar-refractivity contribution in [2.24, 2.45) is 5.11 Å². The molecule has 0 N–H and O–H groups in total. The second kappa shape index (κ2) is 5.67. The zero-order chi connectivity index (χ0) is 10.9. The van der Waals surface area contributed by atoms with E-state index in [2.05, 4.69) is 103 Å². The first-order chi connectivity index (χ1) is 6.50. The molecule has 3 nitrogen and oxygen atoms in total. The highest BCUT2D eigenvalue weighted by molar-refractivity contribution is 14.1. The van der Waals surface area contributed by atoms with Crippen LogP contribution in [0.25, 0.3) is 10.4 Å². The normalized spacial score (nSPS) is 9.79. The van der Waals surface area contributed by atoms with Gasteiger partial charge in [0.2, 0.25) is 0 Å². The van der Waals surface area contributed by atoms with Gasteiger partial charge in [0.1, 0.15) is 0 Å². The van der Waals surface area contributed by atoms with Gasteiger partial charge in [-0.3, -0.25) is 0 Å². The Bertz CT molecular complexity index is 413. The molecule has 0 saturated carbocycles. The molecule has 0 radical (unpaired) electrons. The van der Waals surface area contributed by atoms with Gasteiger partial charge in [-0.25, -0.2) is 0 Å². The molecule has 0 aliphatic heterocycles. The summed E-state index contributed by atoms with van der Waals surface area (Å²) in [6, 6.07) is 0. The van der Waals surface area contributed by atoms with Crippen LogP contribution < -0.4 is 0 Å². The SMILES string of the molecule is [N-]=[N+]=Nc1c(Br)c(I)c(Br)c(I)c1Br. The maximum Gasteiger partial charge on any atom is 0.0681 e. The Morgan fingerprint density at radius 3 is 1.79 bits per heavy atom. The van der Waals surface area contributed by atoms with Gasteiger partial charge in [-0.05, 0) is 98.5 Å². The second-order valence-electron chi connectivity index (χ2n) is 2.11. The van der Waals surface area contributed by atoms with E-state index in [1.165, 1.54) is 0 Å². The van der Waals surface area contributed by atoms with Gasteiger partial charge in [-0.2, -0.15) is 0 Å². The standard InChI is InChI=1S/C6Br3I2N3/c7-1-4(10)2(8)6(13-14-12)3(9)5(1)11. The Labute approximate surface area is 133 Å². The molecule has 0 aromatic heterocycles. The van der Waals surface area contributed by atoms with Crippen molar-refractivity contribution < 1.29 is 0 Å². The molecule has 74 valence electrons. The van der Waals surface area contributed by atoms with E-state index in [0.717, 1.165) is 20.6 Å². The fraction of sp³-hybridized carbons (Fsp3) is 0. The predicted octanol–water partition coefficient (Wildman–Crippen LogP) is 6.13.